The number of aromatic amines is 1. The van der Waals surface area contributed by atoms with Crippen molar-refractivity contribution in [1.29, 1.82) is 0 Å². The van der Waals surface area contributed by atoms with Gasteiger partial charge >= 0.3 is 6.18 Å². The van der Waals surface area contributed by atoms with E-state index in [9.17, 15) is 13.2 Å². The van der Waals surface area contributed by atoms with Crippen LogP contribution in [0.2, 0.25) is 0 Å². The van der Waals surface area contributed by atoms with Gasteiger partial charge in [-0.15, -0.1) is 12.4 Å². The second-order valence-electron chi connectivity index (χ2n) is 3.34. The number of nitrogens with one attached hydrogen (secondary N) is 1. The molecule has 0 unspecified atom stereocenters. The zero-order valence-electron chi connectivity index (χ0n) is 8.08. The van der Waals surface area contributed by atoms with Crippen molar-refractivity contribution in [2.24, 2.45) is 5.73 Å². The van der Waals surface area contributed by atoms with Gasteiger partial charge in [0.25, 0.3) is 0 Å². The Morgan fingerprint density at radius 1 is 1.19 bits per heavy atom. The molecule has 0 aliphatic rings. The van der Waals surface area contributed by atoms with Crippen molar-refractivity contribution in [2.75, 3.05) is 0 Å². The zero-order chi connectivity index (χ0) is 11.1. The van der Waals surface area contributed by atoms with Crippen LogP contribution in [0.5, 0.6) is 0 Å². The largest absolute Gasteiger partial charge is 0.407 e. The number of rotatable bonds is 1. The second kappa shape index (κ2) is 4.35. The molecular weight excluding hydrogens is 241 g/mol. The van der Waals surface area contributed by atoms with Gasteiger partial charge in [-0.1, -0.05) is 6.07 Å². The Hall–Kier alpha value is -1.20. The number of benzene rings is 1. The van der Waals surface area contributed by atoms with Crippen LogP contribution >= 0.6 is 12.4 Å². The maximum absolute atomic E-state index is 12.3. The molecule has 0 fully saturated rings. The van der Waals surface area contributed by atoms with Crippen molar-refractivity contribution in [2.45, 2.75) is 12.2 Å². The maximum Gasteiger partial charge on any atom is 0.407 e. The highest BCUT2D eigenvalue weighted by Gasteiger charge is 2.37. The van der Waals surface area contributed by atoms with Crippen LogP contribution in [0.25, 0.3) is 10.9 Å². The summed E-state index contributed by atoms with van der Waals surface area (Å²) in [4.78, 5) is 2.90. The van der Waals surface area contributed by atoms with Crippen LogP contribution in [0.1, 0.15) is 11.6 Å². The monoisotopic (exact) mass is 250 g/mol. The highest BCUT2D eigenvalue weighted by Crippen LogP contribution is 2.31. The molecule has 16 heavy (non-hydrogen) atoms. The zero-order valence-corrected chi connectivity index (χ0v) is 8.90. The first-order chi connectivity index (χ1) is 6.98. The van der Waals surface area contributed by atoms with Gasteiger partial charge < -0.3 is 10.7 Å². The Morgan fingerprint density at radius 2 is 1.88 bits per heavy atom. The number of hydrogen-bond donors (Lipinski definition) is 2. The van der Waals surface area contributed by atoms with Crippen LogP contribution in [0.15, 0.2) is 30.5 Å². The van der Waals surface area contributed by atoms with Crippen molar-refractivity contribution in [1.82, 2.24) is 4.98 Å². The number of aromatic nitrogens is 1. The molecule has 1 aromatic carbocycles. The van der Waals surface area contributed by atoms with Gasteiger partial charge in [-0.2, -0.15) is 13.2 Å². The molecule has 0 bridgehead atoms. The first kappa shape index (κ1) is 12.9. The summed E-state index contributed by atoms with van der Waals surface area (Å²) in [6.07, 6.45) is -2.72. The molecule has 0 saturated carbocycles. The Labute approximate surface area is 96.0 Å². The summed E-state index contributed by atoms with van der Waals surface area (Å²) in [5, 5.41) is 0.729. The molecule has 2 nitrogen and oxygen atoms in total. The number of nitrogens with two attached hydrogens (primary N) is 1. The van der Waals surface area contributed by atoms with Crippen LogP contribution in [0.4, 0.5) is 13.2 Å². The number of H-pyrrole nitrogens is 1. The first-order valence-electron chi connectivity index (χ1n) is 4.38. The standard InChI is InChI=1S/C10H9F3N2.ClH/c11-10(12,13)9(14)7-1-2-8-6(5-7)3-4-15-8;/h1-5,9,15H,14H2;1H/t9-;/m1./s1. The smallest absolute Gasteiger partial charge is 0.361 e. The summed E-state index contributed by atoms with van der Waals surface area (Å²) >= 11 is 0. The van der Waals surface area contributed by atoms with E-state index in [1.165, 1.54) is 12.1 Å². The minimum absolute atomic E-state index is 0. The van der Waals surface area contributed by atoms with E-state index in [-0.39, 0.29) is 18.0 Å². The molecule has 1 aromatic heterocycles. The third-order valence-corrected chi connectivity index (χ3v) is 2.29. The molecule has 2 rings (SSSR count). The second-order valence-corrected chi connectivity index (χ2v) is 3.34. The van der Waals surface area contributed by atoms with Crippen molar-refractivity contribution in [3.05, 3.63) is 36.0 Å². The maximum atomic E-state index is 12.3. The molecule has 6 heteroatoms. The van der Waals surface area contributed by atoms with E-state index in [0.29, 0.717) is 0 Å². The predicted octanol–water partition coefficient (Wildman–Crippen LogP) is 3.15. The van der Waals surface area contributed by atoms with Crippen molar-refractivity contribution >= 4 is 23.3 Å². The highest BCUT2D eigenvalue weighted by molar-refractivity contribution is 5.85. The Balaban J connectivity index is 0.00000128. The minimum atomic E-state index is -4.40. The molecule has 0 spiro atoms. The van der Waals surface area contributed by atoms with E-state index < -0.39 is 12.2 Å². The fourth-order valence-corrected chi connectivity index (χ4v) is 1.45. The first-order valence-corrected chi connectivity index (χ1v) is 4.38. The molecule has 0 radical (unpaired) electrons. The highest BCUT2D eigenvalue weighted by atomic mass is 35.5. The molecular formula is C10H10ClF3N2. The lowest BCUT2D eigenvalue weighted by Crippen LogP contribution is -2.28. The number of alkyl halides is 3. The number of hydrogen-bond acceptors (Lipinski definition) is 1. The van der Waals surface area contributed by atoms with E-state index >= 15 is 0 Å². The number of halogens is 4. The molecule has 1 heterocycles. The summed E-state index contributed by atoms with van der Waals surface area (Å²) in [5.41, 5.74) is 5.97. The molecule has 3 N–H and O–H groups in total. The molecule has 0 saturated heterocycles. The van der Waals surface area contributed by atoms with Gasteiger partial charge in [0.05, 0.1) is 0 Å². The van der Waals surface area contributed by atoms with Gasteiger partial charge in [0, 0.05) is 11.7 Å². The van der Waals surface area contributed by atoms with Crippen LogP contribution in [0.3, 0.4) is 0 Å². The van der Waals surface area contributed by atoms with E-state index in [1.54, 1.807) is 18.3 Å². The lowest BCUT2D eigenvalue weighted by atomic mass is 10.1. The average Bonchev–Trinajstić information content (AvgIpc) is 2.61. The van der Waals surface area contributed by atoms with Crippen LogP contribution in [-0.2, 0) is 0 Å². The average molecular weight is 251 g/mol. The number of fused-ring (bicyclic) bond motifs is 1. The van der Waals surface area contributed by atoms with Gasteiger partial charge in [-0.25, -0.2) is 0 Å². The third-order valence-electron chi connectivity index (χ3n) is 2.29. The van der Waals surface area contributed by atoms with Crippen LogP contribution < -0.4 is 5.73 Å². The van der Waals surface area contributed by atoms with Crippen molar-refractivity contribution in [3.63, 3.8) is 0 Å². The summed E-state index contributed by atoms with van der Waals surface area (Å²) in [7, 11) is 0. The Bertz CT molecular complexity index is 478. The van der Waals surface area contributed by atoms with Gasteiger partial charge in [0.15, 0.2) is 0 Å². The third kappa shape index (κ3) is 2.31. The lowest BCUT2D eigenvalue weighted by molar-refractivity contribution is -0.149. The van der Waals surface area contributed by atoms with E-state index in [2.05, 4.69) is 4.98 Å². The summed E-state index contributed by atoms with van der Waals surface area (Å²) in [5.74, 6) is 0. The molecule has 0 amide bonds. The normalized spacial score (nSPS) is 13.5. The van der Waals surface area contributed by atoms with E-state index in [4.69, 9.17) is 5.73 Å². The Kier molecular flexibility index (Phi) is 3.50. The lowest BCUT2D eigenvalue weighted by Gasteiger charge is -2.15. The fourth-order valence-electron chi connectivity index (χ4n) is 1.45. The van der Waals surface area contributed by atoms with Crippen molar-refractivity contribution in [3.8, 4) is 0 Å². The fraction of sp³-hybridized carbons (Fsp3) is 0.200. The topological polar surface area (TPSA) is 41.8 Å². The van der Waals surface area contributed by atoms with Gasteiger partial charge in [-0.3, -0.25) is 0 Å². The predicted molar refractivity (Wildman–Crippen MR) is 58.5 cm³/mol. The molecule has 88 valence electrons. The molecule has 0 aliphatic carbocycles. The molecule has 1 atom stereocenters. The summed E-state index contributed by atoms with van der Waals surface area (Å²) < 4.78 is 37.0. The quantitative estimate of drug-likeness (QED) is 0.802. The van der Waals surface area contributed by atoms with Crippen LogP contribution in [-0.4, -0.2) is 11.2 Å². The minimum Gasteiger partial charge on any atom is -0.361 e. The van der Waals surface area contributed by atoms with E-state index in [1.807, 2.05) is 0 Å². The Morgan fingerprint density at radius 3 is 2.50 bits per heavy atom. The van der Waals surface area contributed by atoms with E-state index in [0.717, 1.165) is 10.9 Å². The van der Waals surface area contributed by atoms with Gasteiger partial charge in [0.2, 0.25) is 0 Å². The molecule has 2 aromatic rings. The van der Waals surface area contributed by atoms with Gasteiger partial charge in [0.1, 0.15) is 6.04 Å². The molecule has 0 aliphatic heterocycles. The summed E-state index contributed by atoms with van der Waals surface area (Å²) in [6, 6.07) is 4.22. The van der Waals surface area contributed by atoms with Gasteiger partial charge in [-0.05, 0) is 29.1 Å². The SMILES string of the molecule is Cl.N[C@H](c1ccc2[nH]ccc2c1)C(F)(F)F. The van der Waals surface area contributed by atoms with Crippen molar-refractivity contribution < 1.29 is 13.2 Å². The summed E-state index contributed by atoms with van der Waals surface area (Å²) in [6.45, 7) is 0. The van der Waals surface area contributed by atoms with Crippen LogP contribution in [0, 0.1) is 0 Å².